The van der Waals surface area contributed by atoms with Gasteiger partial charge in [-0.3, -0.25) is 4.79 Å². The predicted molar refractivity (Wildman–Crippen MR) is 135 cm³/mol. The molecule has 4 rings (SSSR count). The average molecular weight is 476 g/mol. The lowest BCUT2D eigenvalue weighted by Crippen LogP contribution is -2.19. The number of nitrogens with zero attached hydrogens (tertiary/aromatic N) is 4. The highest BCUT2D eigenvalue weighted by atomic mass is 32.2. The van der Waals surface area contributed by atoms with E-state index >= 15 is 0 Å². The number of aromatic nitrogens is 4. The van der Waals surface area contributed by atoms with Crippen LogP contribution >= 0.6 is 11.8 Å². The van der Waals surface area contributed by atoms with Crippen LogP contribution in [0.2, 0.25) is 0 Å². The van der Waals surface area contributed by atoms with Gasteiger partial charge in [-0.25, -0.2) is 14.3 Å². The van der Waals surface area contributed by atoms with E-state index < -0.39 is 0 Å². The zero-order valence-corrected chi connectivity index (χ0v) is 19.9. The second-order valence-electron chi connectivity index (χ2n) is 7.64. The molecule has 174 valence electrons. The first-order valence-corrected chi connectivity index (χ1v) is 11.9. The second kappa shape index (κ2) is 10.3. The summed E-state index contributed by atoms with van der Waals surface area (Å²) in [5.74, 6) is 0.462. The van der Waals surface area contributed by atoms with E-state index in [0.717, 1.165) is 17.0 Å². The van der Waals surface area contributed by atoms with Crippen LogP contribution in [0.3, 0.4) is 0 Å². The molecular formula is C24H25N7O2S. The fraction of sp³-hybridized carbons (Fsp3) is 0.208. The highest BCUT2D eigenvalue weighted by molar-refractivity contribution is 7.98. The van der Waals surface area contributed by atoms with Crippen molar-refractivity contribution in [1.82, 2.24) is 19.6 Å². The number of thioether (sulfide) groups is 1. The van der Waals surface area contributed by atoms with Gasteiger partial charge in [0.1, 0.15) is 0 Å². The Morgan fingerprint density at radius 1 is 0.882 bits per heavy atom. The first-order valence-electron chi connectivity index (χ1n) is 10.7. The van der Waals surface area contributed by atoms with Gasteiger partial charge in [0, 0.05) is 34.9 Å². The Morgan fingerprint density at radius 2 is 1.50 bits per heavy atom. The normalized spacial score (nSPS) is 10.8. The zero-order valence-electron chi connectivity index (χ0n) is 19.1. The SMILES string of the molecule is CSc1nc2nc(C)c(CCC(=O)Nc3ccc(NC(=O)Nc4ccccc4)cc3)c(C)n2n1. The van der Waals surface area contributed by atoms with Crippen molar-refractivity contribution in [2.45, 2.75) is 31.8 Å². The molecule has 9 nitrogen and oxygen atoms in total. The Labute approximate surface area is 201 Å². The first-order chi connectivity index (χ1) is 16.4. The van der Waals surface area contributed by atoms with Crippen LogP contribution in [0, 0.1) is 13.8 Å². The monoisotopic (exact) mass is 475 g/mol. The minimum absolute atomic E-state index is 0.107. The van der Waals surface area contributed by atoms with Crippen molar-refractivity contribution in [2.24, 2.45) is 0 Å². The summed E-state index contributed by atoms with van der Waals surface area (Å²) in [5.41, 5.74) is 4.76. The topological polar surface area (TPSA) is 113 Å². The number of fused-ring (bicyclic) bond motifs is 1. The van der Waals surface area contributed by atoms with E-state index in [1.807, 2.05) is 50.4 Å². The molecule has 4 aromatic rings. The molecule has 0 spiro atoms. The molecule has 0 aliphatic rings. The van der Waals surface area contributed by atoms with Crippen molar-refractivity contribution in [3.05, 3.63) is 71.5 Å². The second-order valence-corrected chi connectivity index (χ2v) is 8.42. The van der Waals surface area contributed by atoms with Gasteiger partial charge in [-0.2, -0.15) is 4.98 Å². The van der Waals surface area contributed by atoms with Crippen LogP contribution in [0.15, 0.2) is 59.8 Å². The maximum Gasteiger partial charge on any atom is 0.323 e. The summed E-state index contributed by atoms with van der Waals surface area (Å²) in [6.45, 7) is 3.89. The maximum atomic E-state index is 12.5. The number of para-hydroxylation sites is 1. The van der Waals surface area contributed by atoms with Gasteiger partial charge >= 0.3 is 6.03 Å². The standard InChI is InChI=1S/C24H25N7O2S/c1-15-20(16(2)31-22(25-15)29-24(30-31)34-3)13-14-21(32)26-18-9-11-19(12-10-18)28-23(33)27-17-7-5-4-6-8-17/h4-12H,13-14H2,1-3H3,(H,26,32)(H2,27,28,33). The van der Waals surface area contributed by atoms with E-state index in [9.17, 15) is 9.59 Å². The van der Waals surface area contributed by atoms with E-state index in [2.05, 4.69) is 31.0 Å². The Bertz CT molecular complexity index is 1320. The zero-order chi connectivity index (χ0) is 24.1. The van der Waals surface area contributed by atoms with E-state index in [-0.39, 0.29) is 11.9 Å². The summed E-state index contributed by atoms with van der Waals surface area (Å²) in [6.07, 6.45) is 2.77. The number of anilines is 3. The molecular weight excluding hydrogens is 450 g/mol. The van der Waals surface area contributed by atoms with Crippen LogP contribution in [0.1, 0.15) is 23.4 Å². The summed E-state index contributed by atoms with van der Waals surface area (Å²) in [7, 11) is 0. The number of benzene rings is 2. The van der Waals surface area contributed by atoms with Crippen molar-refractivity contribution in [3.8, 4) is 0 Å². The third kappa shape index (κ3) is 5.52. The van der Waals surface area contributed by atoms with Gasteiger partial charge in [-0.05, 0) is 68.5 Å². The Morgan fingerprint density at radius 3 is 2.15 bits per heavy atom. The van der Waals surface area contributed by atoms with E-state index in [4.69, 9.17) is 0 Å². The van der Waals surface area contributed by atoms with Crippen molar-refractivity contribution >= 4 is 46.5 Å². The van der Waals surface area contributed by atoms with E-state index in [0.29, 0.717) is 40.8 Å². The van der Waals surface area contributed by atoms with Gasteiger partial charge in [-0.15, -0.1) is 5.10 Å². The molecule has 0 saturated carbocycles. The number of carbonyl (C=O) groups excluding carboxylic acids is 2. The molecule has 0 aliphatic heterocycles. The minimum Gasteiger partial charge on any atom is -0.326 e. The van der Waals surface area contributed by atoms with Crippen LogP contribution in [0.25, 0.3) is 5.78 Å². The number of aryl methyl sites for hydroxylation is 2. The van der Waals surface area contributed by atoms with Gasteiger partial charge in [-0.1, -0.05) is 30.0 Å². The lowest BCUT2D eigenvalue weighted by Gasteiger charge is -2.11. The molecule has 2 aromatic heterocycles. The largest absolute Gasteiger partial charge is 0.326 e. The van der Waals surface area contributed by atoms with E-state index in [1.165, 1.54) is 11.8 Å². The molecule has 0 fully saturated rings. The summed E-state index contributed by atoms with van der Waals surface area (Å²) in [6, 6.07) is 15.8. The van der Waals surface area contributed by atoms with Crippen LogP contribution in [0.5, 0.6) is 0 Å². The molecule has 0 atom stereocenters. The molecule has 3 amide bonds. The third-order valence-corrected chi connectivity index (χ3v) is 5.81. The highest BCUT2D eigenvalue weighted by Gasteiger charge is 2.14. The molecule has 10 heteroatoms. The molecule has 2 aromatic carbocycles. The minimum atomic E-state index is -0.337. The maximum absolute atomic E-state index is 12.5. The number of urea groups is 1. The van der Waals surface area contributed by atoms with E-state index in [1.54, 1.807) is 28.8 Å². The number of nitrogens with one attached hydrogen (secondary N) is 3. The van der Waals surface area contributed by atoms with Gasteiger partial charge in [0.2, 0.25) is 11.1 Å². The molecule has 0 radical (unpaired) electrons. The highest BCUT2D eigenvalue weighted by Crippen LogP contribution is 2.19. The number of hydrogen-bond acceptors (Lipinski definition) is 6. The Kier molecular flexibility index (Phi) is 7.07. The molecule has 0 unspecified atom stereocenters. The molecule has 3 N–H and O–H groups in total. The number of rotatable bonds is 7. The molecule has 0 aliphatic carbocycles. The van der Waals surface area contributed by atoms with Gasteiger partial charge in [0.25, 0.3) is 5.78 Å². The quantitative estimate of drug-likeness (QED) is 0.335. The fourth-order valence-electron chi connectivity index (χ4n) is 3.55. The summed E-state index contributed by atoms with van der Waals surface area (Å²) < 4.78 is 1.73. The lowest BCUT2D eigenvalue weighted by atomic mass is 10.1. The fourth-order valence-corrected chi connectivity index (χ4v) is 3.89. The summed E-state index contributed by atoms with van der Waals surface area (Å²) >= 11 is 1.46. The lowest BCUT2D eigenvalue weighted by molar-refractivity contribution is -0.116. The summed E-state index contributed by atoms with van der Waals surface area (Å²) in [5, 5.41) is 13.5. The van der Waals surface area contributed by atoms with Crippen LogP contribution in [0.4, 0.5) is 21.9 Å². The van der Waals surface area contributed by atoms with Crippen molar-refractivity contribution in [1.29, 1.82) is 0 Å². The molecule has 0 bridgehead atoms. The first kappa shape index (κ1) is 23.2. The Hall–Kier alpha value is -3.92. The predicted octanol–water partition coefficient (Wildman–Crippen LogP) is 4.68. The van der Waals surface area contributed by atoms with Crippen LogP contribution in [-0.4, -0.2) is 37.8 Å². The van der Waals surface area contributed by atoms with Crippen molar-refractivity contribution in [3.63, 3.8) is 0 Å². The number of hydrogen-bond donors (Lipinski definition) is 3. The van der Waals surface area contributed by atoms with Crippen LogP contribution in [-0.2, 0) is 11.2 Å². The van der Waals surface area contributed by atoms with Gasteiger partial charge in [0.05, 0.1) is 0 Å². The Balaban J connectivity index is 1.32. The smallest absolute Gasteiger partial charge is 0.323 e. The van der Waals surface area contributed by atoms with Crippen LogP contribution < -0.4 is 16.0 Å². The van der Waals surface area contributed by atoms with Gasteiger partial charge < -0.3 is 16.0 Å². The van der Waals surface area contributed by atoms with Crippen molar-refractivity contribution in [2.75, 3.05) is 22.2 Å². The molecule has 2 heterocycles. The third-order valence-electron chi connectivity index (χ3n) is 5.27. The van der Waals surface area contributed by atoms with Gasteiger partial charge in [0.15, 0.2) is 0 Å². The molecule has 34 heavy (non-hydrogen) atoms. The van der Waals surface area contributed by atoms with Crippen molar-refractivity contribution < 1.29 is 9.59 Å². The average Bonchev–Trinajstić information content (AvgIpc) is 3.24. The summed E-state index contributed by atoms with van der Waals surface area (Å²) in [4.78, 5) is 33.6. The number of amides is 3. The molecule has 0 saturated heterocycles. The number of carbonyl (C=O) groups is 2.